The Balaban J connectivity index is 2.59. The predicted octanol–water partition coefficient (Wildman–Crippen LogP) is 3.30. The topological polar surface area (TPSA) is 15.3 Å². The Kier molecular flexibility index (Phi) is 7.11. The number of nitrogens with zero attached hydrogens (tertiary/aromatic N) is 1. The van der Waals surface area contributed by atoms with Crippen molar-refractivity contribution in [1.82, 2.24) is 10.2 Å². The molecule has 0 amide bonds. The van der Waals surface area contributed by atoms with E-state index in [1.165, 1.54) is 12.0 Å². The van der Waals surface area contributed by atoms with E-state index in [9.17, 15) is 0 Å². The van der Waals surface area contributed by atoms with Crippen molar-refractivity contribution in [3.05, 3.63) is 29.8 Å². The fraction of sp³-hybridized carbons (Fsp3) is 0.667. The molecule has 0 bridgehead atoms. The van der Waals surface area contributed by atoms with Gasteiger partial charge in [-0.05, 0) is 32.0 Å². The normalized spacial score (nSPS) is 14.0. The van der Waals surface area contributed by atoms with Gasteiger partial charge in [-0.25, -0.2) is 0 Å². The van der Waals surface area contributed by atoms with Gasteiger partial charge >= 0.3 is 0 Å². The molecule has 0 aliphatic rings. The number of benzene rings is 1. The summed E-state index contributed by atoms with van der Waals surface area (Å²) >= 11 is 0. The lowest BCUT2D eigenvalue weighted by Crippen LogP contribution is -2.39. The lowest BCUT2D eigenvalue weighted by atomic mass is 10.0. The molecule has 2 nitrogen and oxygen atoms in total. The quantitative estimate of drug-likeness (QED) is 0.741. The third kappa shape index (κ3) is 7.25. The van der Waals surface area contributed by atoms with Gasteiger partial charge in [0, 0.05) is 19.1 Å². The molecule has 0 spiro atoms. The standard InChI is InChI=1S/C18H34N2Si/c1-15(2)12-17(14-20(3)4)19-13-16-8-10-18(11-9-16)21(5,6)7/h8-11,15,17,19H,12-14H2,1-7H3. The van der Waals surface area contributed by atoms with Crippen molar-refractivity contribution >= 4 is 13.3 Å². The van der Waals surface area contributed by atoms with Crippen molar-refractivity contribution in [2.24, 2.45) is 5.92 Å². The van der Waals surface area contributed by atoms with E-state index in [-0.39, 0.29) is 0 Å². The largest absolute Gasteiger partial charge is 0.309 e. The van der Waals surface area contributed by atoms with Gasteiger partial charge in [-0.15, -0.1) is 0 Å². The van der Waals surface area contributed by atoms with Crippen LogP contribution in [0, 0.1) is 5.92 Å². The number of hydrogen-bond donors (Lipinski definition) is 1. The molecule has 0 aliphatic carbocycles. The minimum atomic E-state index is -1.17. The van der Waals surface area contributed by atoms with Gasteiger partial charge in [0.1, 0.15) is 0 Å². The Morgan fingerprint density at radius 1 is 1.05 bits per heavy atom. The molecule has 0 aliphatic heterocycles. The van der Waals surface area contributed by atoms with Gasteiger partial charge in [-0.3, -0.25) is 0 Å². The highest BCUT2D eigenvalue weighted by atomic mass is 28.3. The van der Waals surface area contributed by atoms with Crippen molar-refractivity contribution in [2.45, 2.75) is 52.5 Å². The highest BCUT2D eigenvalue weighted by Gasteiger charge is 2.16. The second-order valence-electron chi connectivity index (χ2n) is 7.92. The lowest BCUT2D eigenvalue weighted by Gasteiger charge is -2.24. The minimum absolute atomic E-state index is 0.566. The molecular formula is C18H34N2Si. The molecule has 1 aromatic carbocycles. The predicted molar refractivity (Wildman–Crippen MR) is 98.1 cm³/mol. The third-order valence-electron chi connectivity index (χ3n) is 3.76. The summed E-state index contributed by atoms with van der Waals surface area (Å²) in [5.41, 5.74) is 1.39. The molecule has 3 heteroatoms. The average Bonchev–Trinajstić information content (AvgIpc) is 2.34. The summed E-state index contributed by atoms with van der Waals surface area (Å²) in [6, 6.07) is 9.81. The molecule has 1 N–H and O–H groups in total. The third-order valence-corrected chi connectivity index (χ3v) is 5.82. The maximum atomic E-state index is 3.73. The van der Waals surface area contributed by atoms with Crippen LogP contribution in [0.25, 0.3) is 0 Å². The van der Waals surface area contributed by atoms with Gasteiger partial charge < -0.3 is 10.2 Å². The van der Waals surface area contributed by atoms with Crippen LogP contribution in [0.15, 0.2) is 24.3 Å². The zero-order chi connectivity index (χ0) is 16.0. The Bertz CT molecular complexity index is 394. The lowest BCUT2D eigenvalue weighted by molar-refractivity contribution is 0.305. The molecule has 0 saturated carbocycles. The smallest absolute Gasteiger partial charge is 0.0775 e. The SMILES string of the molecule is CC(C)CC(CN(C)C)NCc1ccc([Si](C)(C)C)cc1. The summed E-state index contributed by atoms with van der Waals surface area (Å²) in [6.45, 7) is 13.9. The van der Waals surface area contributed by atoms with Crippen molar-refractivity contribution in [2.75, 3.05) is 20.6 Å². The molecule has 1 unspecified atom stereocenters. The molecule has 1 atom stereocenters. The number of nitrogens with one attached hydrogen (secondary N) is 1. The summed E-state index contributed by atoms with van der Waals surface area (Å²) in [7, 11) is 3.13. The summed E-state index contributed by atoms with van der Waals surface area (Å²) in [5, 5.41) is 5.27. The van der Waals surface area contributed by atoms with Gasteiger partial charge in [0.15, 0.2) is 0 Å². The van der Waals surface area contributed by atoms with Gasteiger partial charge in [0.25, 0.3) is 0 Å². The first-order valence-corrected chi connectivity index (χ1v) is 11.7. The first kappa shape index (κ1) is 18.4. The Hall–Kier alpha value is -0.643. The molecule has 0 fully saturated rings. The molecule has 1 aromatic rings. The number of rotatable bonds is 8. The summed E-state index contributed by atoms with van der Waals surface area (Å²) in [4.78, 5) is 2.27. The molecule has 0 aromatic heterocycles. The fourth-order valence-corrected chi connectivity index (χ4v) is 3.78. The second-order valence-corrected chi connectivity index (χ2v) is 13.0. The maximum absolute atomic E-state index is 3.73. The molecule has 0 heterocycles. The van der Waals surface area contributed by atoms with Crippen LogP contribution in [0.4, 0.5) is 0 Å². The molecule has 120 valence electrons. The van der Waals surface area contributed by atoms with Crippen LogP contribution in [-0.4, -0.2) is 39.7 Å². The first-order valence-electron chi connectivity index (χ1n) is 8.16. The van der Waals surface area contributed by atoms with E-state index in [1.807, 2.05) is 0 Å². The van der Waals surface area contributed by atoms with E-state index < -0.39 is 8.07 Å². The first-order chi connectivity index (χ1) is 9.68. The Morgan fingerprint density at radius 2 is 1.62 bits per heavy atom. The Morgan fingerprint density at radius 3 is 2.05 bits per heavy atom. The average molecular weight is 307 g/mol. The molecule has 0 radical (unpaired) electrons. The highest BCUT2D eigenvalue weighted by Crippen LogP contribution is 2.08. The monoisotopic (exact) mass is 306 g/mol. The zero-order valence-corrected chi connectivity index (χ0v) is 16.0. The van der Waals surface area contributed by atoms with Gasteiger partial charge in [-0.2, -0.15) is 0 Å². The van der Waals surface area contributed by atoms with Crippen LogP contribution in [0.1, 0.15) is 25.8 Å². The fourth-order valence-electron chi connectivity index (χ4n) is 2.62. The van der Waals surface area contributed by atoms with E-state index in [1.54, 1.807) is 5.19 Å². The number of hydrogen-bond acceptors (Lipinski definition) is 2. The van der Waals surface area contributed by atoms with E-state index in [4.69, 9.17) is 0 Å². The maximum Gasteiger partial charge on any atom is 0.0775 e. The van der Waals surface area contributed by atoms with Crippen LogP contribution >= 0.6 is 0 Å². The molecule has 1 rings (SSSR count). The van der Waals surface area contributed by atoms with Crippen molar-refractivity contribution in [3.63, 3.8) is 0 Å². The van der Waals surface area contributed by atoms with Crippen LogP contribution in [0.3, 0.4) is 0 Å². The van der Waals surface area contributed by atoms with Crippen LogP contribution in [0.2, 0.25) is 19.6 Å². The molecular weight excluding hydrogens is 272 g/mol. The minimum Gasteiger partial charge on any atom is -0.309 e. The zero-order valence-electron chi connectivity index (χ0n) is 15.0. The van der Waals surface area contributed by atoms with E-state index in [0.29, 0.717) is 6.04 Å². The van der Waals surface area contributed by atoms with E-state index in [0.717, 1.165) is 19.0 Å². The van der Waals surface area contributed by atoms with Crippen molar-refractivity contribution in [3.8, 4) is 0 Å². The molecule has 21 heavy (non-hydrogen) atoms. The van der Waals surface area contributed by atoms with Crippen LogP contribution in [-0.2, 0) is 6.54 Å². The summed E-state index contributed by atoms with van der Waals surface area (Å²) in [6.07, 6.45) is 1.23. The van der Waals surface area contributed by atoms with Gasteiger partial charge in [0.05, 0.1) is 8.07 Å². The van der Waals surface area contributed by atoms with Crippen molar-refractivity contribution in [1.29, 1.82) is 0 Å². The second kappa shape index (κ2) is 8.11. The van der Waals surface area contributed by atoms with E-state index in [2.05, 4.69) is 82.1 Å². The summed E-state index contributed by atoms with van der Waals surface area (Å²) in [5.74, 6) is 0.733. The van der Waals surface area contributed by atoms with Gasteiger partial charge in [0.2, 0.25) is 0 Å². The van der Waals surface area contributed by atoms with Crippen LogP contribution < -0.4 is 10.5 Å². The number of likely N-dealkylation sites (N-methyl/N-ethyl adjacent to an activating group) is 1. The van der Waals surface area contributed by atoms with Crippen molar-refractivity contribution < 1.29 is 0 Å². The van der Waals surface area contributed by atoms with E-state index >= 15 is 0 Å². The summed E-state index contributed by atoms with van der Waals surface area (Å²) < 4.78 is 0. The molecule has 0 saturated heterocycles. The van der Waals surface area contributed by atoms with Gasteiger partial charge in [-0.1, -0.05) is 62.9 Å². The van der Waals surface area contributed by atoms with Crippen LogP contribution in [0.5, 0.6) is 0 Å². The highest BCUT2D eigenvalue weighted by molar-refractivity contribution is 6.88. The Labute approximate surface area is 133 Å².